The summed E-state index contributed by atoms with van der Waals surface area (Å²) in [5, 5.41) is 22.8. The van der Waals surface area contributed by atoms with Crippen LogP contribution in [0.2, 0.25) is 5.02 Å². The van der Waals surface area contributed by atoms with E-state index in [0.29, 0.717) is 22.0 Å². The molecule has 0 spiro atoms. The minimum Gasteiger partial charge on any atom is -0.507 e. The van der Waals surface area contributed by atoms with Crippen molar-refractivity contribution in [1.82, 2.24) is 0 Å². The molecule has 1 atom stereocenters. The predicted molar refractivity (Wildman–Crippen MR) is 122 cm³/mol. The van der Waals surface area contributed by atoms with Crippen LogP contribution in [0.1, 0.15) is 17.2 Å². The molecule has 0 aliphatic carbocycles. The molecule has 1 N–H and O–H groups in total. The number of aliphatic hydroxyl groups is 1. The van der Waals surface area contributed by atoms with Crippen molar-refractivity contribution in [2.75, 3.05) is 12.0 Å². The fourth-order valence-electron chi connectivity index (χ4n) is 3.73. The molecule has 33 heavy (non-hydrogen) atoms. The van der Waals surface area contributed by atoms with Gasteiger partial charge in [0.2, 0.25) is 0 Å². The summed E-state index contributed by atoms with van der Waals surface area (Å²) in [6.45, 7) is 0. The summed E-state index contributed by atoms with van der Waals surface area (Å²) in [4.78, 5) is 38.2. The number of Topliss-reactive ketones (excluding diaryl/α,β-unsaturated/α-hetero) is 1. The Balaban J connectivity index is 1.94. The van der Waals surface area contributed by atoms with E-state index in [-0.39, 0.29) is 16.8 Å². The van der Waals surface area contributed by atoms with E-state index in [2.05, 4.69) is 0 Å². The van der Waals surface area contributed by atoms with E-state index in [9.17, 15) is 24.8 Å². The molecule has 3 aromatic rings. The summed E-state index contributed by atoms with van der Waals surface area (Å²) < 4.78 is 5.15. The molecule has 0 aromatic heterocycles. The Kier molecular flexibility index (Phi) is 5.85. The molecule has 0 saturated carbocycles. The van der Waals surface area contributed by atoms with E-state index in [4.69, 9.17) is 16.3 Å². The third kappa shape index (κ3) is 4.04. The van der Waals surface area contributed by atoms with E-state index in [0.717, 1.165) is 0 Å². The van der Waals surface area contributed by atoms with Crippen LogP contribution in [0, 0.1) is 10.1 Å². The van der Waals surface area contributed by atoms with Crippen LogP contribution in [0.5, 0.6) is 5.75 Å². The predicted octanol–water partition coefficient (Wildman–Crippen LogP) is 4.88. The molecular weight excluding hydrogens is 448 g/mol. The number of carbonyl (C=O) groups excluding carboxylic acids is 2. The number of amides is 1. The number of ether oxygens (including phenoxy) is 1. The Bertz CT molecular complexity index is 1290. The zero-order chi connectivity index (χ0) is 23.7. The topological polar surface area (TPSA) is 110 Å². The smallest absolute Gasteiger partial charge is 0.300 e. The molecule has 166 valence electrons. The van der Waals surface area contributed by atoms with Gasteiger partial charge >= 0.3 is 0 Å². The molecule has 1 fully saturated rings. The molecule has 4 rings (SSSR count). The van der Waals surface area contributed by atoms with Crippen molar-refractivity contribution in [2.24, 2.45) is 0 Å². The quantitative estimate of drug-likeness (QED) is 0.189. The Hall–Kier alpha value is -4.17. The maximum absolute atomic E-state index is 13.1. The largest absolute Gasteiger partial charge is 0.507 e. The molecule has 0 radical (unpaired) electrons. The van der Waals surface area contributed by atoms with Crippen molar-refractivity contribution < 1.29 is 24.4 Å². The first kappa shape index (κ1) is 22.0. The first-order chi connectivity index (χ1) is 15.8. The van der Waals surface area contributed by atoms with Crippen LogP contribution in [0.3, 0.4) is 0 Å². The van der Waals surface area contributed by atoms with E-state index in [1.807, 2.05) is 0 Å². The first-order valence-electron chi connectivity index (χ1n) is 9.77. The average Bonchev–Trinajstić information content (AvgIpc) is 3.09. The van der Waals surface area contributed by atoms with Crippen molar-refractivity contribution >= 4 is 40.4 Å². The van der Waals surface area contributed by atoms with Crippen LogP contribution in [-0.2, 0) is 9.59 Å². The van der Waals surface area contributed by atoms with Gasteiger partial charge in [0.05, 0.1) is 23.6 Å². The number of non-ortho nitro benzene ring substituents is 1. The van der Waals surface area contributed by atoms with E-state index >= 15 is 0 Å². The van der Waals surface area contributed by atoms with Gasteiger partial charge in [-0.2, -0.15) is 0 Å². The van der Waals surface area contributed by atoms with Crippen LogP contribution in [0.15, 0.2) is 78.4 Å². The second kappa shape index (κ2) is 8.76. The summed E-state index contributed by atoms with van der Waals surface area (Å²) in [5.74, 6) is -1.64. The maximum atomic E-state index is 13.1. The number of carbonyl (C=O) groups is 2. The number of nitrogens with zero attached hydrogens (tertiary/aromatic N) is 2. The zero-order valence-corrected chi connectivity index (χ0v) is 18.0. The van der Waals surface area contributed by atoms with Crippen molar-refractivity contribution in [3.05, 3.63) is 105 Å². The molecule has 1 aliphatic rings. The Labute approximate surface area is 193 Å². The van der Waals surface area contributed by atoms with E-state index < -0.39 is 28.4 Å². The number of nitro groups is 1. The van der Waals surface area contributed by atoms with Crippen molar-refractivity contribution in [3.8, 4) is 5.75 Å². The van der Waals surface area contributed by atoms with Gasteiger partial charge in [0.15, 0.2) is 0 Å². The number of aliphatic hydroxyl groups excluding tert-OH is 1. The molecule has 8 nitrogen and oxygen atoms in total. The monoisotopic (exact) mass is 464 g/mol. The minimum absolute atomic E-state index is 0.182. The lowest BCUT2D eigenvalue weighted by Crippen LogP contribution is -2.29. The fraction of sp³-hybridized carbons (Fsp3) is 0.0833. The minimum atomic E-state index is -1.09. The highest BCUT2D eigenvalue weighted by Crippen LogP contribution is 2.43. The van der Waals surface area contributed by atoms with Gasteiger partial charge in [-0.3, -0.25) is 24.6 Å². The first-order valence-corrected chi connectivity index (χ1v) is 10.1. The van der Waals surface area contributed by atoms with Crippen molar-refractivity contribution in [2.45, 2.75) is 6.04 Å². The zero-order valence-electron chi connectivity index (χ0n) is 17.3. The van der Waals surface area contributed by atoms with Crippen LogP contribution < -0.4 is 9.64 Å². The molecule has 1 saturated heterocycles. The van der Waals surface area contributed by atoms with Gasteiger partial charge in [0.25, 0.3) is 17.4 Å². The van der Waals surface area contributed by atoms with Gasteiger partial charge in [0, 0.05) is 28.4 Å². The van der Waals surface area contributed by atoms with Gasteiger partial charge in [-0.25, -0.2) is 0 Å². The summed E-state index contributed by atoms with van der Waals surface area (Å²) in [7, 11) is 1.50. The second-order valence-electron chi connectivity index (χ2n) is 7.23. The molecule has 0 bridgehead atoms. The van der Waals surface area contributed by atoms with Crippen LogP contribution in [0.25, 0.3) is 5.76 Å². The number of hydrogen-bond acceptors (Lipinski definition) is 6. The van der Waals surface area contributed by atoms with Gasteiger partial charge in [-0.1, -0.05) is 23.7 Å². The molecule has 1 aliphatic heterocycles. The average molecular weight is 465 g/mol. The molecular formula is C24H17ClN2O6. The third-order valence-electron chi connectivity index (χ3n) is 5.31. The molecule has 3 aromatic carbocycles. The van der Waals surface area contributed by atoms with Gasteiger partial charge < -0.3 is 9.84 Å². The van der Waals surface area contributed by atoms with Crippen molar-refractivity contribution in [3.63, 3.8) is 0 Å². The lowest BCUT2D eigenvalue weighted by Gasteiger charge is -2.25. The molecule has 1 heterocycles. The SMILES string of the molecule is COc1ccc(N2C(=O)C(=O)/C(=C(/O)c3ccc(Cl)cc3)C2c2cccc([N+](=O)[O-])c2)cc1. The summed E-state index contributed by atoms with van der Waals surface area (Å²) >= 11 is 5.93. The number of halogens is 1. The maximum Gasteiger partial charge on any atom is 0.300 e. The summed E-state index contributed by atoms with van der Waals surface area (Å²) in [6.07, 6.45) is 0. The number of methoxy groups -OCH3 is 1. The number of nitro benzene ring substituents is 1. The fourth-order valence-corrected chi connectivity index (χ4v) is 3.85. The normalized spacial score (nSPS) is 17.3. The third-order valence-corrected chi connectivity index (χ3v) is 5.56. The van der Waals surface area contributed by atoms with Crippen molar-refractivity contribution in [1.29, 1.82) is 0 Å². The van der Waals surface area contributed by atoms with Gasteiger partial charge in [-0.15, -0.1) is 0 Å². The lowest BCUT2D eigenvalue weighted by molar-refractivity contribution is -0.384. The Morgan fingerprint density at radius 3 is 2.33 bits per heavy atom. The highest BCUT2D eigenvalue weighted by molar-refractivity contribution is 6.51. The number of rotatable bonds is 5. The second-order valence-corrected chi connectivity index (χ2v) is 7.66. The van der Waals surface area contributed by atoms with Gasteiger partial charge in [0.1, 0.15) is 11.5 Å². The van der Waals surface area contributed by atoms with E-state index in [1.54, 1.807) is 42.5 Å². The van der Waals surface area contributed by atoms with Crippen LogP contribution >= 0.6 is 11.6 Å². The Morgan fingerprint density at radius 2 is 1.73 bits per heavy atom. The lowest BCUT2D eigenvalue weighted by atomic mass is 9.95. The number of hydrogen-bond donors (Lipinski definition) is 1. The molecule has 1 amide bonds. The number of anilines is 1. The highest BCUT2D eigenvalue weighted by atomic mass is 35.5. The Morgan fingerprint density at radius 1 is 1.06 bits per heavy atom. The van der Waals surface area contributed by atoms with E-state index in [1.165, 1.54) is 42.3 Å². The number of ketones is 1. The number of benzene rings is 3. The summed E-state index contributed by atoms with van der Waals surface area (Å²) in [5.41, 5.74) is 0.555. The standard InChI is InChI=1S/C24H17ClN2O6/c1-33-19-11-9-17(10-12-19)26-21(15-3-2-4-18(13-15)27(31)32)20(23(29)24(26)30)22(28)14-5-7-16(25)8-6-14/h2-13,21,28H,1H3/b22-20+. The van der Waals surface area contributed by atoms with Gasteiger partial charge in [-0.05, 0) is 54.1 Å². The molecule has 1 unspecified atom stereocenters. The molecule has 9 heteroatoms. The summed E-state index contributed by atoms with van der Waals surface area (Å²) in [6, 6.07) is 17.1. The van der Waals surface area contributed by atoms with Crippen LogP contribution in [-0.4, -0.2) is 28.8 Å². The van der Waals surface area contributed by atoms with Crippen LogP contribution in [0.4, 0.5) is 11.4 Å². The highest BCUT2D eigenvalue weighted by Gasteiger charge is 2.47.